The third-order valence-electron chi connectivity index (χ3n) is 5.82. The number of nitrogens with zero attached hydrogens (tertiary/aromatic N) is 2. The molecule has 1 aromatic heterocycles. The minimum absolute atomic E-state index is 0.0347. The van der Waals surface area contributed by atoms with Gasteiger partial charge in [-0.1, -0.05) is 42.8 Å². The number of pyridine rings is 1. The summed E-state index contributed by atoms with van der Waals surface area (Å²) in [5, 5.41) is 3.80. The minimum Gasteiger partial charge on any atom is -0.357 e. The molecule has 2 fully saturated rings. The molecule has 2 unspecified atom stereocenters. The average molecular weight is 384 g/mol. The Bertz CT molecular complexity index is 799. The molecule has 1 amide bonds. The highest BCUT2D eigenvalue weighted by atomic mass is 35.5. The standard InChI is InChI=1S/C22H26ClN3O/c1-15-8-10-26(11-9-15)21-7-6-16(13-24-21)14-25-22(27)19-12-18(19)17-4-2-3-5-20(17)23/h2-7,13,15,18-19H,8-12,14H2,1H3,(H,25,27). The number of hydrogen-bond donors (Lipinski definition) is 1. The summed E-state index contributed by atoms with van der Waals surface area (Å²) in [6, 6.07) is 11.9. The molecule has 2 heterocycles. The number of rotatable bonds is 5. The van der Waals surface area contributed by atoms with Gasteiger partial charge in [-0.3, -0.25) is 4.79 Å². The quantitative estimate of drug-likeness (QED) is 0.832. The maximum Gasteiger partial charge on any atom is 0.224 e. The molecule has 142 valence electrons. The van der Waals surface area contributed by atoms with Crippen LogP contribution >= 0.6 is 11.6 Å². The summed E-state index contributed by atoms with van der Waals surface area (Å²) in [6.45, 7) is 4.99. The van der Waals surface area contributed by atoms with E-state index in [-0.39, 0.29) is 17.7 Å². The molecular weight excluding hydrogens is 358 g/mol. The van der Waals surface area contributed by atoms with Gasteiger partial charge in [-0.05, 0) is 54.4 Å². The number of carbonyl (C=O) groups excluding carboxylic acids is 1. The van der Waals surface area contributed by atoms with Crippen molar-refractivity contribution >= 4 is 23.3 Å². The molecule has 0 bridgehead atoms. The summed E-state index contributed by atoms with van der Waals surface area (Å²) >= 11 is 6.25. The number of amides is 1. The topological polar surface area (TPSA) is 45.2 Å². The van der Waals surface area contributed by atoms with E-state index in [1.54, 1.807) is 0 Å². The fraction of sp³-hybridized carbons (Fsp3) is 0.455. The van der Waals surface area contributed by atoms with E-state index in [1.807, 2.05) is 30.5 Å². The second-order valence-corrected chi connectivity index (χ2v) is 8.29. The lowest BCUT2D eigenvalue weighted by Gasteiger charge is -2.31. The number of benzene rings is 1. The number of hydrogen-bond acceptors (Lipinski definition) is 3. The van der Waals surface area contributed by atoms with Crippen molar-refractivity contribution in [3.63, 3.8) is 0 Å². The van der Waals surface area contributed by atoms with E-state index in [0.29, 0.717) is 6.54 Å². The Hall–Kier alpha value is -2.07. The molecule has 1 aliphatic carbocycles. The van der Waals surface area contributed by atoms with Crippen molar-refractivity contribution in [2.75, 3.05) is 18.0 Å². The molecule has 1 N–H and O–H groups in total. The molecule has 4 nitrogen and oxygen atoms in total. The lowest BCUT2D eigenvalue weighted by atomic mass is 9.99. The number of anilines is 1. The van der Waals surface area contributed by atoms with Crippen LogP contribution in [0.5, 0.6) is 0 Å². The van der Waals surface area contributed by atoms with Crippen molar-refractivity contribution in [1.29, 1.82) is 0 Å². The molecule has 2 aliphatic rings. The van der Waals surface area contributed by atoms with Crippen molar-refractivity contribution < 1.29 is 4.79 Å². The van der Waals surface area contributed by atoms with Crippen molar-refractivity contribution in [3.8, 4) is 0 Å². The third-order valence-corrected chi connectivity index (χ3v) is 6.16. The number of halogens is 1. The summed E-state index contributed by atoms with van der Waals surface area (Å²) in [5.41, 5.74) is 2.12. The van der Waals surface area contributed by atoms with Gasteiger partial charge in [-0.2, -0.15) is 0 Å². The van der Waals surface area contributed by atoms with Gasteiger partial charge in [-0.25, -0.2) is 4.98 Å². The second kappa shape index (κ2) is 7.89. The first kappa shape index (κ1) is 18.3. The summed E-state index contributed by atoms with van der Waals surface area (Å²) in [6.07, 6.45) is 5.22. The highest BCUT2D eigenvalue weighted by Crippen LogP contribution is 2.49. The van der Waals surface area contributed by atoms with Crippen LogP contribution in [-0.2, 0) is 11.3 Å². The molecule has 0 radical (unpaired) electrons. The fourth-order valence-corrected chi connectivity index (χ4v) is 4.15. The zero-order valence-electron chi connectivity index (χ0n) is 15.7. The predicted molar refractivity (Wildman–Crippen MR) is 109 cm³/mol. The van der Waals surface area contributed by atoms with Gasteiger partial charge in [-0.15, -0.1) is 0 Å². The van der Waals surface area contributed by atoms with Gasteiger partial charge in [0, 0.05) is 36.8 Å². The van der Waals surface area contributed by atoms with Gasteiger partial charge >= 0.3 is 0 Å². The molecule has 5 heteroatoms. The predicted octanol–water partition coefficient (Wildman–Crippen LogP) is 4.39. The van der Waals surface area contributed by atoms with E-state index in [4.69, 9.17) is 11.6 Å². The van der Waals surface area contributed by atoms with Gasteiger partial charge in [0.05, 0.1) is 0 Å². The zero-order valence-corrected chi connectivity index (χ0v) is 16.5. The number of carbonyl (C=O) groups is 1. The molecule has 1 saturated heterocycles. The second-order valence-electron chi connectivity index (χ2n) is 7.88. The largest absolute Gasteiger partial charge is 0.357 e. The van der Waals surface area contributed by atoms with Gasteiger partial charge in [0.1, 0.15) is 5.82 Å². The van der Waals surface area contributed by atoms with E-state index in [1.165, 1.54) is 12.8 Å². The monoisotopic (exact) mass is 383 g/mol. The molecule has 1 aromatic carbocycles. The molecular formula is C22H26ClN3O. The summed E-state index contributed by atoms with van der Waals surface area (Å²) in [5.74, 6) is 2.24. The van der Waals surface area contributed by atoms with Gasteiger partial charge in [0.25, 0.3) is 0 Å². The Kier molecular flexibility index (Phi) is 5.35. The van der Waals surface area contributed by atoms with Crippen LogP contribution in [0.4, 0.5) is 5.82 Å². The van der Waals surface area contributed by atoms with Crippen LogP contribution < -0.4 is 10.2 Å². The van der Waals surface area contributed by atoms with Crippen LogP contribution in [0, 0.1) is 11.8 Å². The molecule has 2 atom stereocenters. The Balaban J connectivity index is 1.28. The van der Waals surface area contributed by atoms with Crippen LogP contribution in [0.3, 0.4) is 0 Å². The average Bonchev–Trinajstić information content (AvgIpc) is 3.48. The lowest BCUT2D eigenvalue weighted by Crippen LogP contribution is -2.33. The first-order valence-electron chi connectivity index (χ1n) is 9.84. The highest BCUT2D eigenvalue weighted by Gasteiger charge is 2.44. The maximum absolute atomic E-state index is 12.4. The summed E-state index contributed by atoms with van der Waals surface area (Å²) < 4.78 is 0. The Morgan fingerprint density at radius 1 is 1.22 bits per heavy atom. The first-order chi connectivity index (χ1) is 13.1. The normalized spacial score (nSPS) is 22.5. The van der Waals surface area contributed by atoms with Gasteiger partial charge < -0.3 is 10.2 Å². The molecule has 2 aromatic rings. The maximum atomic E-state index is 12.4. The van der Waals surface area contributed by atoms with E-state index in [9.17, 15) is 4.79 Å². The van der Waals surface area contributed by atoms with Crippen molar-refractivity contribution in [2.24, 2.45) is 11.8 Å². The van der Waals surface area contributed by atoms with E-state index < -0.39 is 0 Å². The smallest absolute Gasteiger partial charge is 0.224 e. The third kappa shape index (κ3) is 4.27. The van der Waals surface area contributed by atoms with Crippen LogP contribution in [-0.4, -0.2) is 24.0 Å². The van der Waals surface area contributed by atoms with Crippen LogP contribution in [0.15, 0.2) is 42.6 Å². The molecule has 27 heavy (non-hydrogen) atoms. The minimum atomic E-state index is 0.0347. The SMILES string of the molecule is CC1CCN(c2ccc(CNC(=O)C3CC3c3ccccc3Cl)cn2)CC1. The Labute approximate surface area is 165 Å². The summed E-state index contributed by atoms with van der Waals surface area (Å²) in [4.78, 5) is 19.4. The summed E-state index contributed by atoms with van der Waals surface area (Å²) in [7, 11) is 0. The van der Waals surface area contributed by atoms with Crippen molar-refractivity contribution in [1.82, 2.24) is 10.3 Å². The highest BCUT2D eigenvalue weighted by molar-refractivity contribution is 6.31. The van der Waals surface area contributed by atoms with Crippen LogP contribution in [0.2, 0.25) is 5.02 Å². The number of piperidine rings is 1. The van der Waals surface area contributed by atoms with E-state index in [0.717, 1.165) is 47.4 Å². The van der Waals surface area contributed by atoms with E-state index in [2.05, 4.69) is 34.3 Å². The molecule has 4 rings (SSSR count). The van der Waals surface area contributed by atoms with Crippen LogP contribution in [0.1, 0.15) is 43.2 Å². The van der Waals surface area contributed by atoms with Crippen LogP contribution in [0.25, 0.3) is 0 Å². The fourth-order valence-electron chi connectivity index (χ4n) is 3.87. The first-order valence-corrected chi connectivity index (χ1v) is 10.2. The van der Waals surface area contributed by atoms with Gasteiger partial charge in [0.15, 0.2) is 0 Å². The van der Waals surface area contributed by atoms with E-state index >= 15 is 0 Å². The molecule has 1 saturated carbocycles. The van der Waals surface area contributed by atoms with Crippen molar-refractivity contribution in [3.05, 3.63) is 58.7 Å². The number of aromatic nitrogens is 1. The zero-order chi connectivity index (χ0) is 18.8. The van der Waals surface area contributed by atoms with Crippen molar-refractivity contribution in [2.45, 2.75) is 38.6 Å². The Morgan fingerprint density at radius 2 is 2.00 bits per heavy atom. The van der Waals surface area contributed by atoms with Gasteiger partial charge in [0.2, 0.25) is 5.91 Å². The molecule has 1 aliphatic heterocycles. The lowest BCUT2D eigenvalue weighted by molar-refractivity contribution is -0.122. The molecule has 0 spiro atoms. The Morgan fingerprint density at radius 3 is 2.70 bits per heavy atom. The number of nitrogens with one attached hydrogen (secondary N) is 1.